The third kappa shape index (κ3) is 5.00. The molecule has 1 aliphatic rings. The topological polar surface area (TPSA) is 97.8 Å². The Hall–Kier alpha value is -3.17. The van der Waals surface area contributed by atoms with Crippen LogP contribution < -0.4 is 20.1 Å². The van der Waals surface area contributed by atoms with E-state index in [1.54, 1.807) is 20.3 Å². The Morgan fingerprint density at radius 1 is 1.12 bits per heavy atom. The van der Waals surface area contributed by atoms with Crippen LogP contribution in [0.25, 0.3) is 22.3 Å². The molecule has 9 heteroatoms. The molecule has 0 bridgehead atoms. The largest absolute Gasteiger partial charge is 0.507 e. The average molecular weight is 471 g/mol. The van der Waals surface area contributed by atoms with E-state index in [1.807, 2.05) is 6.07 Å². The predicted molar refractivity (Wildman–Crippen MR) is 129 cm³/mol. The van der Waals surface area contributed by atoms with Crippen LogP contribution in [0.4, 0.5) is 10.2 Å². The van der Waals surface area contributed by atoms with E-state index in [2.05, 4.69) is 29.5 Å². The van der Waals surface area contributed by atoms with Crippen LogP contribution in [-0.4, -0.2) is 61.6 Å². The van der Waals surface area contributed by atoms with Crippen molar-refractivity contribution in [2.45, 2.75) is 19.9 Å². The van der Waals surface area contributed by atoms with Gasteiger partial charge in [0.1, 0.15) is 24.0 Å². The molecular weight excluding hydrogens is 439 g/mol. The van der Waals surface area contributed by atoms with Gasteiger partial charge in [0.15, 0.2) is 17.3 Å². The molecule has 0 saturated carbocycles. The number of ether oxygens (including phenoxy) is 3. The van der Waals surface area contributed by atoms with Crippen molar-refractivity contribution in [2.24, 2.45) is 11.8 Å². The van der Waals surface area contributed by atoms with Gasteiger partial charge in [-0.3, -0.25) is 0 Å². The number of nitrogens with one attached hydrogen (secondary N) is 2. The maximum Gasteiger partial charge on any atom is 0.165 e. The fourth-order valence-electron chi connectivity index (χ4n) is 4.29. The van der Waals surface area contributed by atoms with E-state index in [0.717, 1.165) is 18.5 Å². The van der Waals surface area contributed by atoms with Gasteiger partial charge >= 0.3 is 0 Å². The van der Waals surface area contributed by atoms with Crippen molar-refractivity contribution in [2.75, 3.05) is 45.8 Å². The number of hydrogen-bond donors (Lipinski definition) is 3. The number of hydrogen-bond acceptors (Lipinski definition) is 8. The normalized spacial score (nSPS) is 17.9. The standard InChI is InChI=1S/C25H31FN4O4/c1-14(2)18-12-27-13-20(18)29-24-16-10-22(33-4)23(34-8-7-32-3)11-19(16)28-25(30-24)17-9-15(26)5-6-21(17)31/h5-6,9-11,14,18,20,27,31H,7-8,12-13H2,1-4H3,(H,28,29,30)/t18-,20+/m0/s1. The average Bonchev–Trinajstić information content (AvgIpc) is 3.29. The minimum Gasteiger partial charge on any atom is -0.507 e. The number of phenols is 1. The van der Waals surface area contributed by atoms with E-state index in [4.69, 9.17) is 19.2 Å². The van der Waals surface area contributed by atoms with E-state index in [1.165, 1.54) is 18.2 Å². The quantitative estimate of drug-likeness (QED) is 0.406. The van der Waals surface area contributed by atoms with Crippen LogP contribution >= 0.6 is 0 Å². The summed E-state index contributed by atoms with van der Waals surface area (Å²) < 4.78 is 30.5. The van der Waals surface area contributed by atoms with Gasteiger partial charge in [-0.2, -0.15) is 0 Å². The lowest BCUT2D eigenvalue weighted by atomic mass is 9.91. The molecule has 2 aromatic carbocycles. The van der Waals surface area contributed by atoms with Crippen molar-refractivity contribution < 1.29 is 23.7 Å². The minimum absolute atomic E-state index is 0.0978. The second-order valence-electron chi connectivity index (χ2n) is 8.74. The fourth-order valence-corrected chi connectivity index (χ4v) is 4.29. The minimum atomic E-state index is -0.482. The molecule has 0 radical (unpaired) electrons. The lowest BCUT2D eigenvalue weighted by Gasteiger charge is -2.24. The van der Waals surface area contributed by atoms with Crippen LogP contribution in [0.3, 0.4) is 0 Å². The number of aromatic hydroxyl groups is 1. The second-order valence-corrected chi connectivity index (χ2v) is 8.74. The maximum atomic E-state index is 14.0. The molecular formula is C25H31FN4O4. The van der Waals surface area contributed by atoms with Crippen molar-refractivity contribution in [3.8, 4) is 28.6 Å². The first-order valence-corrected chi connectivity index (χ1v) is 11.4. The van der Waals surface area contributed by atoms with Crippen LogP contribution in [-0.2, 0) is 4.74 Å². The summed E-state index contributed by atoms with van der Waals surface area (Å²) in [5.74, 6) is 2.16. The maximum absolute atomic E-state index is 14.0. The summed E-state index contributed by atoms with van der Waals surface area (Å²) in [7, 11) is 3.18. The molecule has 2 atom stereocenters. The number of benzene rings is 2. The Morgan fingerprint density at radius 2 is 1.94 bits per heavy atom. The van der Waals surface area contributed by atoms with Gasteiger partial charge in [0, 0.05) is 37.7 Å². The molecule has 0 unspecified atom stereocenters. The highest BCUT2D eigenvalue weighted by Crippen LogP contribution is 2.37. The lowest BCUT2D eigenvalue weighted by Crippen LogP contribution is -2.31. The van der Waals surface area contributed by atoms with Gasteiger partial charge in [-0.25, -0.2) is 14.4 Å². The fraction of sp³-hybridized carbons (Fsp3) is 0.440. The van der Waals surface area contributed by atoms with Gasteiger partial charge in [-0.05, 0) is 36.1 Å². The Labute approximate surface area is 198 Å². The summed E-state index contributed by atoms with van der Waals surface area (Å²) in [6.45, 7) is 6.88. The highest BCUT2D eigenvalue weighted by molar-refractivity contribution is 5.93. The van der Waals surface area contributed by atoms with Crippen molar-refractivity contribution in [3.63, 3.8) is 0 Å². The second kappa shape index (κ2) is 10.4. The third-order valence-electron chi connectivity index (χ3n) is 6.17. The molecule has 182 valence electrons. The van der Waals surface area contributed by atoms with E-state index >= 15 is 0 Å². The van der Waals surface area contributed by atoms with Crippen molar-refractivity contribution in [1.29, 1.82) is 0 Å². The molecule has 4 rings (SSSR count). The van der Waals surface area contributed by atoms with Crippen LogP contribution in [0.2, 0.25) is 0 Å². The molecule has 0 amide bonds. The van der Waals surface area contributed by atoms with E-state index in [-0.39, 0.29) is 23.2 Å². The highest BCUT2D eigenvalue weighted by Gasteiger charge is 2.30. The number of rotatable bonds is 9. The number of fused-ring (bicyclic) bond motifs is 1. The summed E-state index contributed by atoms with van der Waals surface area (Å²) in [4.78, 5) is 9.36. The van der Waals surface area contributed by atoms with E-state index in [0.29, 0.717) is 47.9 Å². The number of nitrogens with zero attached hydrogens (tertiary/aromatic N) is 2. The van der Waals surface area contributed by atoms with Gasteiger partial charge < -0.3 is 30.0 Å². The molecule has 0 aliphatic carbocycles. The molecule has 0 spiro atoms. The Kier molecular flexibility index (Phi) is 7.33. The lowest BCUT2D eigenvalue weighted by molar-refractivity contribution is 0.144. The van der Waals surface area contributed by atoms with Crippen molar-refractivity contribution in [3.05, 3.63) is 36.1 Å². The molecule has 3 aromatic rings. The third-order valence-corrected chi connectivity index (χ3v) is 6.17. The predicted octanol–water partition coefficient (Wildman–Crippen LogP) is 3.83. The zero-order chi connectivity index (χ0) is 24.2. The summed E-state index contributed by atoms with van der Waals surface area (Å²) in [5, 5.41) is 18.2. The number of phenolic OH excluding ortho intramolecular Hbond substituents is 1. The molecule has 34 heavy (non-hydrogen) atoms. The summed E-state index contributed by atoms with van der Waals surface area (Å²) in [6, 6.07) is 7.48. The van der Waals surface area contributed by atoms with Crippen LogP contribution in [0, 0.1) is 17.7 Å². The van der Waals surface area contributed by atoms with Crippen LogP contribution in [0.1, 0.15) is 13.8 Å². The Bertz CT molecular complexity index is 1160. The smallest absolute Gasteiger partial charge is 0.165 e. The first-order valence-electron chi connectivity index (χ1n) is 11.4. The molecule has 2 heterocycles. The molecule has 1 aromatic heterocycles. The first kappa shape index (κ1) is 24.0. The van der Waals surface area contributed by atoms with Gasteiger partial charge in [-0.1, -0.05) is 13.8 Å². The van der Waals surface area contributed by atoms with Crippen molar-refractivity contribution >= 4 is 16.7 Å². The molecule has 1 aliphatic heterocycles. The number of methoxy groups -OCH3 is 2. The van der Waals surface area contributed by atoms with E-state index < -0.39 is 5.82 Å². The SMILES string of the molecule is COCCOc1cc2nc(-c3cc(F)ccc3O)nc(N[C@@H]3CNC[C@H]3C(C)C)c2cc1OC. The number of aromatic nitrogens is 2. The monoisotopic (exact) mass is 470 g/mol. The zero-order valence-corrected chi connectivity index (χ0v) is 19.9. The van der Waals surface area contributed by atoms with Crippen molar-refractivity contribution in [1.82, 2.24) is 15.3 Å². The first-order chi connectivity index (χ1) is 16.4. The Morgan fingerprint density at radius 3 is 2.68 bits per heavy atom. The molecule has 3 N–H and O–H groups in total. The van der Waals surface area contributed by atoms with Gasteiger partial charge in [0.2, 0.25) is 0 Å². The van der Waals surface area contributed by atoms with Gasteiger partial charge in [0.25, 0.3) is 0 Å². The number of anilines is 1. The highest BCUT2D eigenvalue weighted by atomic mass is 19.1. The van der Waals surface area contributed by atoms with Crippen LogP contribution in [0.5, 0.6) is 17.2 Å². The summed E-state index contributed by atoms with van der Waals surface area (Å²) >= 11 is 0. The van der Waals surface area contributed by atoms with Gasteiger partial charge in [0.05, 0.1) is 24.8 Å². The summed E-state index contributed by atoms with van der Waals surface area (Å²) in [5.41, 5.74) is 0.795. The molecule has 1 saturated heterocycles. The zero-order valence-electron chi connectivity index (χ0n) is 19.9. The molecule has 8 nitrogen and oxygen atoms in total. The van der Waals surface area contributed by atoms with Crippen LogP contribution in [0.15, 0.2) is 30.3 Å². The summed E-state index contributed by atoms with van der Waals surface area (Å²) in [6.07, 6.45) is 0. The number of halogens is 1. The molecule has 1 fully saturated rings. The Balaban J connectivity index is 1.85. The van der Waals surface area contributed by atoms with Gasteiger partial charge in [-0.15, -0.1) is 0 Å². The van der Waals surface area contributed by atoms with E-state index in [9.17, 15) is 9.50 Å².